The number of unbranched alkanes of at least 4 members (excludes halogenated alkanes) is 9. The van der Waals surface area contributed by atoms with Gasteiger partial charge in [-0.05, 0) is 18.8 Å². The number of rotatable bonds is 18. The summed E-state index contributed by atoms with van der Waals surface area (Å²) in [5.74, 6) is -0.778. The number of thiocarbonyl (C=S) groups is 1. The maximum Gasteiger partial charge on any atom is 0.244 e. The smallest absolute Gasteiger partial charge is 0.244 e. The van der Waals surface area contributed by atoms with Gasteiger partial charge < -0.3 is 10.6 Å². The summed E-state index contributed by atoms with van der Waals surface area (Å²) in [5.41, 5.74) is 1.65. The molecule has 0 aromatic heterocycles. The largest absolute Gasteiger partial charge is 0.381 e. The summed E-state index contributed by atoms with van der Waals surface area (Å²) in [6.45, 7) is 6.40. The summed E-state index contributed by atoms with van der Waals surface area (Å²) in [6.07, 6.45) is 13.6. The molecule has 4 N–H and O–H groups in total. The van der Waals surface area contributed by atoms with E-state index in [9.17, 15) is 9.59 Å². The Kier molecular flexibility index (Phi) is 17.8. The van der Waals surface area contributed by atoms with Crippen LogP contribution < -0.4 is 16.1 Å². The Balaban J connectivity index is 4.45. The molecule has 0 aliphatic rings. The van der Waals surface area contributed by atoms with Crippen molar-refractivity contribution in [1.82, 2.24) is 16.1 Å². The van der Waals surface area contributed by atoms with Crippen molar-refractivity contribution in [2.45, 2.75) is 110 Å². The van der Waals surface area contributed by atoms with Gasteiger partial charge in [0.25, 0.3) is 0 Å². The molecule has 0 rings (SSSR count). The van der Waals surface area contributed by atoms with Crippen LogP contribution in [0.25, 0.3) is 0 Å². The minimum absolute atomic E-state index is 0.0134. The predicted octanol–water partition coefficient (Wildman–Crippen LogP) is 4.89. The van der Waals surface area contributed by atoms with E-state index in [2.05, 4.69) is 31.4 Å². The van der Waals surface area contributed by atoms with Crippen LogP contribution in [0.3, 0.4) is 0 Å². The van der Waals surface area contributed by atoms with Crippen LogP contribution in [0.15, 0.2) is 0 Å². The Morgan fingerprint density at radius 1 is 0.933 bits per heavy atom. The Bertz CT molecular complexity index is 486. The van der Waals surface area contributed by atoms with Crippen LogP contribution in [-0.2, 0) is 9.59 Å². The summed E-state index contributed by atoms with van der Waals surface area (Å²) in [6, 6.07) is -0.245. The Morgan fingerprint density at radius 3 is 1.93 bits per heavy atom. The van der Waals surface area contributed by atoms with Crippen LogP contribution in [0.1, 0.15) is 104 Å². The summed E-state index contributed by atoms with van der Waals surface area (Å²) in [5, 5.41) is 14.8. The van der Waals surface area contributed by atoms with Gasteiger partial charge in [0, 0.05) is 19.4 Å². The second kappa shape index (κ2) is 18.6. The first-order valence-electron chi connectivity index (χ1n) is 11.8. The molecule has 0 bridgehead atoms. The molecule has 0 aromatic carbocycles. The van der Waals surface area contributed by atoms with Crippen molar-refractivity contribution in [3.8, 4) is 0 Å². The Morgan fingerprint density at radius 2 is 1.47 bits per heavy atom. The quantitative estimate of drug-likeness (QED) is 0.105. The van der Waals surface area contributed by atoms with E-state index in [4.69, 9.17) is 17.4 Å². The van der Waals surface area contributed by atoms with E-state index in [0.717, 1.165) is 25.7 Å². The molecule has 0 saturated heterocycles. The van der Waals surface area contributed by atoms with Gasteiger partial charge in [0.15, 0.2) is 0 Å². The van der Waals surface area contributed by atoms with E-state index in [1.807, 2.05) is 0 Å². The highest BCUT2D eigenvalue weighted by Crippen LogP contribution is 2.18. The number of hydroxylamine groups is 1. The number of nitrogens with one attached hydrogen (secondary N) is 3. The van der Waals surface area contributed by atoms with Crippen LogP contribution in [0.4, 0.5) is 0 Å². The van der Waals surface area contributed by atoms with E-state index < -0.39 is 11.8 Å². The Hall–Kier alpha value is -1.21. The van der Waals surface area contributed by atoms with Gasteiger partial charge in [0.2, 0.25) is 11.8 Å². The summed E-state index contributed by atoms with van der Waals surface area (Å²) in [7, 11) is 1.75. The van der Waals surface area contributed by atoms with Crippen LogP contribution in [0, 0.1) is 11.8 Å². The van der Waals surface area contributed by atoms with Crippen molar-refractivity contribution in [2.75, 3.05) is 7.05 Å². The molecule has 0 aliphatic heterocycles. The second-order valence-corrected chi connectivity index (χ2v) is 9.15. The second-order valence-electron chi connectivity index (χ2n) is 8.71. The van der Waals surface area contributed by atoms with Gasteiger partial charge in [-0.1, -0.05) is 97.2 Å². The SMILES string of the molecule is CCCCCCCCCCCC[C@H](CC(=O)NO)C(=O)N[C@@H](CC(C)C)C(=S)NC. The molecule has 0 spiro atoms. The number of hydrogen-bond donors (Lipinski definition) is 4. The third-order valence-electron chi connectivity index (χ3n) is 5.42. The van der Waals surface area contributed by atoms with Crippen LogP contribution in [-0.4, -0.2) is 35.1 Å². The van der Waals surface area contributed by atoms with Crippen molar-refractivity contribution in [1.29, 1.82) is 0 Å². The summed E-state index contributed by atoms with van der Waals surface area (Å²) in [4.78, 5) is 25.1. The molecule has 6 nitrogen and oxygen atoms in total. The minimum atomic E-state index is -0.529. The van der Waals surface area contributed by atoms with E-state index in [0.29, 0.717) is 17.3 Å². The number of amides is 2. The van der Waals surface area contributed by atoms with Crippen molar-refractivity contribution in [2.24, 2.45) is 11.8 Å². The first kappa shape index (κ1) is 28.8. The highest BCUT2D eigenvalue weighted by molar-refractivity contribution is 7.80. The van der Waals surface area contributed by atoms with Gasteiger partial charge in [-0.15, -0.1) is 0 Å². The molecule has 176 valence electrons. The fourth-order valence-corrected chi connectivity index (χ4v) is 3.80. The maximum absolute atomic E-state index is 12.8. The van der Waals surface area contributed by atoms with Gasteiger partial charge in [-0.25, -0.2) is 5.48 Å². The number of likely N-dealkylation sites (N-methyl/N-ethyl adjacent to an activating group) is 1. The van der Waals surface area contributed by atoms with Crippen molar-refractivity contribution in [3.05, 3.63) is 0 Å². The third-order valence-corrected chi connectivity index (χ3v) is 5.91. The van der Waals surface area contributed by atoms with Gasteiger partial charge >= 0.3 is 0 Å². The molecule has 0 fully saturated rings. The highest BCUT2D eigenvalue weighted by atomic mass is 32.1. The summed E-state index contributed by atoms with van der Waals surface area (Å²) < 4.78 is 0. The third kappa shape index (κ3) is 14.7. The zero-order chi connectivity index (χ0) is 22.8. The van der Waals surface area contributed by atoms with Gasteiger partial charge in [-0.3, -0.25) is 14.8 Å². The fourth-order valence-electron chi connectivity index (χ4n) is 3.64. The lowest BCUT2D eigenvalue weighted by molar-refractivity contribution is -0.135. The number of carbonyl (C=O) groups excluding carboxylic acids is 2. The highest BCUT2D eigenvalue weighted by Gasteiger charge is 2.25. The molecule has 30 heavy (non-hydrogen) atoms. The normalized spacial score (nSPS) is 13.0. The molecule has 2 amide bonds. The number of carbonyl (C=O) groups is 2. The standard InChI is InChI=1S/C23H45N3O3S/c1-5-6-7-8-9-10-11-12-13-14-15-19(17-21(27)26-29)22(28)25-20(16-18(2)3)23(30)24-4/h18-20,29H,5-17H2,1-4H3,(H,24,30)(H,25,28)(H,26,27)/t19-,20+/m1/s1. The first-order chi connectivity index (χ1) is 14.3. The zero-order valence-electron chi connectivity index (χ0n) is 19.6. The van der Waals surface area contributed by atoms with E-state index in [-0.39, 0.29) is 18.4 Å². The van der Waals surface area contributed by atoms with E-state index >= 15 is 0 Å². The lowest BCUT2D eigenvalue weighted by atomic mass is 9.94. The van der Waals surface area contributed by atoms with Crippen molar-refractivity contribution in [3.63, 3.8) is 0 Å². The molecular formula is C23H45N3O3S. The number of hydrogen-bond acceptors (Lipinski definition) is 4. The van der Waals surface area contributed by atoms with Crippen LogP contribution >= 0.6 is 12.2 Å². The molecule has 0 aliphatic carbocycles. The molecule has 0 heterocycles. The molecule has 0 saturated carbocycles. The molecule has 0 aromatic rings. The van der Waals surface area contributed by atoms with Gasteiger partial charge in [0.05, 0.1) is 11.0 Å². The zero-order valence-corrected chi connectivity index (χ0v) is 20.4. The summed E-state index contributed by atoms with van der Waals surface area (Å²) >= 11 is 5.35. The first-order valence-corrected chi connectivity index (χ1v) is 12.2. The monoisotopic (exact) mass is 443 g/mol. The van der Waals surface area contributed by atoms with Crippen LogP contribution in [0.2, 0.25) is 0 Å². The lowest BCUT2D eigenvalue weighted by Crippen LogP contribution is -2.48. The average Bonchev–Trinajstić information content (AvgIpc) is 2.72. The van der Waals surface area contributed by atoms with E-state index in [1.165, 1.54) is 44.9 Å². The van der Waals surface area contributed by atoms with Crippen LogP contribution in [0.5, 0.6) is 0 Å². The van der Waals surface area contributed by atoms with Crippen molar-refractivity contribution >= 4 is 29.0 Å². The Labute approximate surface area is 189 Å². The molecular weight excluding hydrogens is 398 g/mol. The molecule has 0 radical (unpaired) electrons. The molecule has 2 atom stereocenters. The fraction of sp³-hybridized carbons (Fsp3) is 0.870. The molecule has 0 unspecified atom stereocenters. The van der Waals surface area contributed by atoms with Crippen molar-refractivity contribution < 1.29 is 14.8 Å². The van der Waals surface area contributed by atoms with Gasteiger partial charge in [0.1, 0.15) is 0 Å². The molecule has 7 heteroatoms. The van der Waals surface area contributed by atoms with E-state index in [1.54, 1.807) is 12.5 Å². The lowest BCUT2D eigenvalue weighted by Gasteiger charge is -2.24. The predicted molar refractivity (Wildman–Crippen MR) is 128 cm³/mol. The average molecular weight is 444 g/mol. The minimum Gasteiger partial charge on any atom is -0.381 e. The maximum atomic E-state index is 12.8. The topological polar surface area (TPSA) is 90.5 Å². The van der Waals surface area contributed by atoms with Gasteiger partial charge in [-0.2, -0.15) is 0 Å².